The maximum atomic E-state index is 12.4. The van der Waals surface area contributed by atoms with E-state index in [-0.39, 0.29) is 18.1 Å². The maximum absolute atomic E-state index is 12.4. The number of nitrogens with zero attached hydrogens (tertiary/aromatic N) is 1. The summed E-state index contributed by atoms with van der Waals surface area (Å²) in [6.07, 6.45) is 0.295. The first-order valence-electron chi connectivity index (χ1n) is 9.22. The third-order valence-electron chi connectivity index (χ3n) is 4.27. The molecule has 0 bridgehead atoms. The van der Waals surface area contributed by atoms with Crippen LogP contribution in [0.2, 0.25) is 0 Å². The Bertz CT molecular complexity index is 598. The average molecular weight is 362 g/mol. The van der Waals surface area contributed by atoms with Crippen LogP contribution in [0.25, 0.3) is 0 Å². The Balaban J connectivity index is 2.02. The van der Waals surface area contributed by atoms with Crippen LogP contribution in [0.1, 0.15) is 39.7 Å². The predicted octanol–water partition coefficient (Wildman–Crippen LogP) is 2.96. The van der Waals surface area contributed by atoms with Crippen molar-refractivity contribution in [3.05, 3.63) is 35.9 Å². The minimum Gasteiger partial charge on any atom is -0.466 e. The van der Waals surface area contributed by atoms with Gasteiger partial charge in [0.05, 0.1) is 12.5 Å². The Morgan fingerprint density at radius 2 is 1.92 bits per heavy atom. The van der Waals surface area contributed by atoms with E-state index >= 15 is 0 Å². The monoisotopic (exact) mass is 362 g/mol. The molecule has 1 fully saturated rings. The minimum absolute atomic E-state index is 0.0343. The number of ether oxygens (including phenoxy) is 2. The summed E-state index contributed by atoms with van der Waals surface area (Å²) in [5.41, 5.74) is 0.600. The molecule has 1 aliphatic heterocycles. The van der Waals surface area contributed by atoms with E-state index in [1.54, 1.807) is 11.8 Å². The lowest BCUT2D eigenvalue weighted by atomic mass is 9.92. The van der Waals surface area contributed by atoms with Gasteiger partial charge in [-0.15, -0.1) is 0 Å². The van der Waals surface area contributed by atoms with Gasteiger partial charge in [-0.25, -0.2) is 4.79 Å². The fourth-order valence-corrected chi connectivity index (χ4v) is 3.02. The first-order chi connectivity index (χ1) is 12.3. The zero-order chi connectivity index (χ0) is 19.2. The Morgan fingerprint density at radius 3 is 2.54 bits per heavy atom. The Morgan fingerprint density at radius 1 is 1.23 bits per heavy atom. The van der Waals surface area contributed by atoms with Crippen LogP contribution < -0.4 is 5.32 Å². The van der Waals surface area contributed by atoms with E-state index in [9.17, 15) is 9.59 Å². The van der Waals surface area contributed by atoms with Crippen LogP contribution in [0.15, 0.2) is 30.3 Å². The van der Waals surface area contributed by atoms with Gasteiger partial charge < -0.3 is 19.7 Å². The topological polar surface area (TPSA) is 67.9 Å². The molecule has 26 heavy (non-hydrogen) atoms. The fraction of sp³-hybridized carbons (Fsp3) is 0.600. The third-order valence-corrected chi connectivity index (χ3v) is 4.27. The quantitative estimate of drug-likeness (QED) is 0.816. The summed E-state index contributed by atoms with van der Waals surface area (Å²) in [4.78, 5) is 26.4. The lowest BCUT2D eigenvalue weighted by Gasteiger charge is -2.38. The second-order valence-corrected chi connectivity index (χ2v) is 7.55. The van der Waals surface area contributed by atoms with Crippen molar-refractivity contribution in [1.82, 2.24) is 10.2 Å². The van der Waals surface area contributed by atoms with Crippen LogP contribution in [0.5, 0.6) is 0 Å². The van der Waals surface area contributed by atoms with Gasteiger partial charge in [-0.3, -0.25) is 4.79 Å². The molecule has 0 unspecified atom stereocenters. The average Bonchev–Trinajstić information content (AvgIpc) is 2.59. The Hall–Kier alpha value is -2.08. The van der Waals surface area contributed by atoms with E-state index in [1.807, 2.05) is 51.1 Å². The van der Waals surface area contributed by atoms with Crippen molar-refractivity contribution in [1.29, 1.82) is 0 Å². The highest BCUT2D eigenvalue weighted by atomic mass is 16.6. The summed E-state index contributed by atoms with van der Waals surface area (Å²) in [6.45, 7) is 9.16. The molecule has 6 heteroatoms. The van der Waals surface area contributed by atoms with Gasteiger partial charge in [0.15, 0.2) is 0 Å². The van der Waals surface area contributed by atoms with E-state index in [0.717, 1.165) is 5.56 Å². The number of carbonyl (C=O) groups is 2. The van der Waals surface area contributed by atoms with Gasteiger partial charge in [0.2, 0.25) is 0 Å². The molecule has 0 aromatic heterocycles. The molecule has 2 atom stereocenters. The molecular formula is C20H30N2O4. The number of rotatable bonds is 5. The smallest absolute Gasteiger partial charge is 0.410 e. The lowest BCUT2D eigenvalue weighted by molar-refractivity contribution is -0.150. The molecule has 0 radical (unpaired) electrons. The van der Waals surface area contributed by atoms with Crippen molar-refractivity contribution in [3.8, 4) is 0 Å². The number of piperidine rings is 1. The first kappa shape index (κ1) is 20.2. The zero-order valence-corrected chi connectivity index (χ0v) is 16.2. The Labute approximate surface area is 155 Å². The number of esters is 1. The van der Waals surface area contributed by atoms with Gasteiger partial charge >= 0.3 is 12.1 Å². The summed E-state index contributed by atoms with van der Waals surface area (Å²) in [7, 11) is 0. The third kappa shape index (κ3) is 6.02. The molecule has 1 aliphatic rings. The van der Waals surface area contributed by atoms with Crippen molar-refractivity contribution >= 4 is 12.1 Å². The normalized spacial score (nSPS) is 20.5. The molecule has 0 saturated carbocycles. The summed E-state index contributed by atoms with van der Waals surface area (Å²) in [6, 6.07) is 10.0. The molecule has 1 amide bonds. The summed E-state index contributed by atoms with van der Waals surface area (Å²) >= 11 is 0. The minimum atomic E-state index is -0.557. The molecule has 1 aromatic rings. The van der Waals surface area contributed by atoms with E-state index in [0.29, 0.717) is 32.7 Å². The number of carbonyl (C=O) groups excluding carboxylic acids is 2. The van der Waals surface area contributed by atoms with Gasteiger partial charge in [0.1, 0.15) is 5.60 Å². The van der Waals surface area contributed by atoms with Gasteiger partial charge in [-0.05, 0) is 39.7 Å². The number of hydrogen-bond donors (Lipinski definition) is 1. The SMILES string of the molecule is CCOC(=O)[C@H]1CN(C(=O)OC(C)(C)C)CC[C@H]1NCc1ccccc1. The highest BCUT2D eigenvalue weighted by molar-refractivity contribution is 5.75. The summed E-state index contributed by atoms with van der Waals surface area (Å²) in [5, 5.41) is 3.46. The molecule has 1 aromatic carbocycles. The maximum Gasteiger partial charge on any atom is 0.410 e. The molecular weight excluding hydrogens is 332 g/mol. The predicted molar refractivity (Wildman–Crippen MR) is 99.6 cm³/mol. The van der Waals surface area contributed by atoms with Crippen LogP contribution in [0.3, 0.4) is 0 Å². The second kappa shape index (κ2) is 9.03. The van der Waals surface area contributed by atoms with Crippen molar-refractivity contribution < 1.29 is 19.1 Å². The molecule has 6 nitrogen and oxygen atoms in total. The molecule has 1 saturated heterocycles. The highest BCUT2D eigenvalue weighted by Crippen LogP contribution is 2.22. The van der Waals surface area contributed by atoms with E-state index in [1.165, 1.54) is 0 Å². The van der Waals surface area contributed by atoms with Crippen LogP contribution in [-0.4, -0.2) is 48.3 Å². The number of hydrogen-bond acceptors (Lipinski definition) is 5. The number of likely N-dealkylation sites (tertiary alicyclic amines) is 1. The van der Waals surface area contributed by atoms with Crippen LogP contribution in [0, 0.1) is 5.92 Å². The number of nitrogens with one attached hydrogen (secondary N) is 1. The van der Waals surface area contributed by atoms with Gasteiger partial charge in [0, 0.05) is 25.7 Å². The molecule has 0 spiro atoms. The van der Waals surface area contributed by atoms with Gasteiger partial charge in [0.25, 0.3) is 0 Å². The van der Waals surface area contributed by atoms with E-state index in [4.69, 9.17) is 9.47 Å². The molecule has 144 valence electrons. The number of benzene rings is 1. The highest BCUT2D eigenvalue weighted by Gasteiger charge is 2.38. The zero-order valence-electron chi connectivity index (χ0n) is 16.2. The van der Waals surface area contributed by atoms with Crippen LogP contribution in [0.4, 0.5) is 4.79 Å². The second-order valence-electron chi connectivity index (χ2n) is 7.55. The molecule has 0 aliphatic carbocycles. The first-order valence-corrected chi connectivity index (χ1v) is 9.22. The van der Waals surface area contributed by atoms with Crippen LogP contribution >= 0.6 is 0 Å². The van der Waals surface area contributed by atoms with E-state index < -0.39 is 11.5 Å². The molecule has 1 N–H and O–H groups in total. The van der Waals surface area contributed by atoms with E-state index in [2.05, 4.69) is 5.32 Å². The number of amides is 1. The van der Waals surface area contributed by atoms with Gasteiger partial charge in [-0.2, -0.15) is 0 Å². The van der Waals surface area contributed by atoms with Crippen molar-refractivity contribution in [2.24, 2.45) is 5.92 Å². The molecule has 1 heterocycles. The van der Waals surface area contributed by atoms with Crippen molar-refractivity contribution in [3.63, 3.8) is 0 Å². The fourth-order valence-electron chi connectivity index (χ4n) is 3.02. The van der Waals surface area contributed by atoms with Crippen LogP contribution in [-0.2, 0) is 20.8 Å². The summed E-state index contributed by atoms with van der Waals surface area (Å²) < 4.78 is 10.7. The Kier molecular flexibility index (Phi) is 7.03. The molecule has 2 rings (SSSR count). The van der Waals surface area contributed by atoms with Gasteiger partial charge in [-0.1, -0.05) is 30.3 Å². The van der Waals surface area contributed by atoms with Crippen molar-refractivity contribution in [2.75, 3.05) is 19.7 Å². The standard InChI is InChI=1S/C20H30N2O4/c1-5-25-18(23)16-14-22(19(24)26-20(2,3)4)12-11-17(16)21-13-15-9-7-6-8-10-15/h6-10,16-17,21H,5,11-14H2,1-4H3/t16-,17+/m0/s1. The lowest BCUT2D eigenvalue weighted by Crippen LogP contribution is -2.54. The summed E-state index contributed by atoms with van der Waals surface area (Å²) in [5.74, 6) is -0.675. The largest absolute Gasteiger partial charge is 0.466 e. The van der Waals surface area contributed by atoms with Crippen molar-refractivity contribution in [2.45, 2.75) is 52.3 Å².